The van der Waals surface area contributed by atoms with Crippen LogP contribution in [0.5, 0.6) is 0 Å². The Balaban J connectivity index is 1.76. The van der Waals surface area contributed by atoms with Crippen LogP contribution < -0.4 is 11.1 Å². The highest BCUT2D eigenvalue weighted by Gasteiger charge is 2.17. The highest BCUT2D eigenvalue weighted by molar-refractivity contribution is 7.98. The fourth-order valence-corrected chi connectivity index (χ4v) is 4.13. The third-order valence-electron chi connectivity index (χ3n) is 4.57. The van der Waals surface area contributed by atoms with E-state index in [4.69, 9.17) is 4.74 Å². The van der Waals surface area contributed by atoms with Crippen molar-refractivity contribution in [3.05, 3.63) is 69.2 Å². The van der Waals surface area contributed by atoms with Crippen LogP contribution in [0.4, 0.5) is 0 Å². The first-order valence-corrected chi connectivity index (χ1v) is 10.0. The summed E-state index contributed by atoms with van der Waals surface area (Å²) in [6.07, 6.45) is 0. The first-order valence-electron chi connectivity index (χ1n) is 9.05. The number of aromatic nitrogens is 5. The Morgan fingerprint density at radius 2 is 1.66 bits per heavy atom. The number of hydrogen-bond donors (Lipinski definition) is 0. The largest absolute Gasteiger partial charge is 0.383 e. The Labute approximate surface area is 170 Å². The number of hydrogen-bond acceptors (Lipinski definition) is 7. The second-order valence-corrected chi connectivity index (χ2v) is 7.49. The van der Waals surface area contributed by atoms with Crippen LogP contribution in [0.2, 0.25) is 0 Å². The summed E-state index contributed by atoms with van der Waals surface area (Å²) in [5, 5.41) is 9.65. The molecular weight excluding hydrogens is 390 g/mol. The topological polar surface area (TPSA) is 91.9 Å². The van der Waals surface area contributed by atoms with Crippen LogP contribution >= 0.6 is 11.8 Å². The summed E-state index contributed by atoms with van der Waals surface area (Å²) in [6.45, 7) is 2.26. The van der Waals surface area contributed by atoms with Gasteiger partial charge in [-0.3, -0.25) is 14.2 Å². The average molecular weight is 409 g/mol. The number of fused-ring (bicyclic) bond motifs is 2. The smallest absolute Gasteiger partial charge is 0.278 e. The molecule has 2 heterocycles. The van der Waals surface area contributed by atoms with Gasteiger partial charge in [0.15, 0.2) is 5.16 Å². The van der Waals surface area contributed by atoms with E-state index in [1.54, 1.807) is 42.0 Å². The van der Waals surface area contributed by atoms with Crippen molar-refractivity contribution in [1.82, 2.24) is 24.5 Å². The fourth-order valence-electron chi connectivity index (χ4n) is 3.16. The summed E-state index contributed by atoms with van der Waals surface area (Å²) in [5.74, 6) is 0.182. The summed E-state index contributed by atoms with van der Waals surface area (Å²) < 4.78 is 8.12. The van der Waals surface area contributed by atoms with Crippen LogP contribution in [0.25, 0.3) is 21.8 Å². The number of nitrogens with zero attached hydrogens (tertiary/aromatic N) is 5. The van der Waals surface area contributed by atoms with Gasteiger partial charge in [0.2, 0.25) is 0 Å². The van der Waals surface area contributed by atoms with Crippen LogP contribution in [0.15, 0.2) is 63.3 Å². The quantitative estimate of drug-likeness (QED) is 0.357. The minimum absolute atomic E-state index is 0.139. The molecule has 0 aliphatic heterocycles. The van der Waals surface area contributed by atoms with Crippen molar-refractivity contribution in [3.63, 3.8) is 0 Å². The second-order valence-electron chi connectivity index (χ2n) is 6.58. The van der Waals surface area contributed by atoms with Crippen molar-refractivity contribution >= 4 is 33.6 Å². The van der Waals surface area contributed by atoms with E-state index in [0.717, 1.165) is 0 Å². The van der Waals surface area contributed by atoms with E-state index in [9.17, 15) is 9.59 Å². The molecule has 0 spiro atoms. The summed E-state index contributed by atoms with van der Waals surface area (Å²) in [5.41, 5.74) is 0.785. The zero-order valence-electron chi connectivity index (χ0n) is 16.0. The van der Waals surface area contributed by atoms with E-state index < -0.39 is 0 Å². The molecule has 0 saturated carbocycles. The van der Waals surface area contributed by atoms with Gasteiger partial charge in [0.1, 0.15) is 5.52 Å². The number of ether oxygens (including phenoxy) is 1. The Hall–Kier alpha value is -3.04. The minimum Gasteiger partial charge on any atom is -0.383 e. The predicted octanol–water partition coefficient (Wildman–Crippen LogP) is 2.46. The SMILES string of the molecule is COC[C@H](C)n1c(SCn2nnc3ccccc3c2=O)nc2ccccc2c1=O. The lowest BCUT2D eigenvalue weighted by molar-refractivity contribution is 0.156. The van der Waals surface area contributed by atoms with Crippen molar-refractivity contribution in [2.24, 2.45) is 0 Å². The molecule has 0 N–H and O–H groups in total. The van der Waals surface area contributed by atoms with Crippen molar-refractivity contribution in [2.75, 3.05) is 13.7 Å². The van der Waals surface area contributed by atoms with Gasteiger partial charge >= 0.3 is 0 Å². The van der Waals surface area contributed by atoms with E-state index in [0.29, 0.717) is 33.6 Å². The van der Waals surface area contributed by atoms with Gasteiger partial charge in [-0.25, -0.2) is 4.98 Å². The number of rotatable bonds is 6. The zero-order chi connectivity index (χ0) is 20.4. The number of thioether (sulfide) groups is 1. The number of benzene rings is 2. The van der Waals surface area contributed by atoms with Crippen LogP contribution in [-0.2, 0) is 10.6 Å². The lowest BCUT2D eigenvalue weighted by Crippen LogP contribution is -2.29. The monoisotopic (exact) mass is 409 g/mol. The molecule has 0 aliphatic rings. The highest BCUT2D eigenvalue weighted by atomic mass is 32.2. The maximum absolute atomic E-state index is 13.1. The van der Waals surface area contributed by atoms with E-state index >= 15 is 0 Å². The third-order valence-corrected chi connectivity index (χ3v) is 5.49. The van der Waals surface area contributed by atoms with Crippen molar-refractivity contribution < 1.29 is 4.74 Å². The summed E-state index contributed by atoms with van der Waals surface area (Å²) >= 11 is 1.26. The average Bonchev–Trinajstić information content (AvgIpc) is 2.74. The predicted molar refractivity (Wildman–Crippen MR) is 112 cm³/mol. The lowest BCUT2D eigenvalue weighted by Gasteiger charge is -2.18. The van der Waals surface area contributed by atoms with Crippen LogP contribution in [0, 0.1) is 0 Å². The number of methoxy groups -OCH3 is 1. The van der Waals surface area contributed by atoms with Crippen LogP contribution in [0.1, 0.15) is 13.0 Å². The molecule has 0 radical (unpaired) electrons. The van der Waals surface area contributed by atoms with Gasteiger partial charge in [0.05, 0.1) is 34.8 Å². The normalized spacial score (nSPS) is 12.5. The Bertz CT molecular complexity index is 1300. The molecule has 0 unspecified atom stereocenters. The van der Waals surface area contributed by atoms with Gasteiger partial charge < -0.3 is 4.74 Å². The van der Waals surface area contributed by atoms with Gasteiger partial charge in [0.25, 0.3) is 11.1 Å². The molecule has 2 aromatic carbocycles. The molecule has 8 nitrogen and oxygen atoms in total. The van der Waals surface area contributed by atoms with Crippen molar-refractivity contribution in [1.29, 1.82) is 0 Å². The van der Waals surface area contributed by atoms with E-state index in [1.807, 2.05) is 25.1 Å². The van der Waals surface area contributed by atoms with Crippen molar-refractivity contribution in [2.45, 2.75) is 24.0 Å². The summed E-state index contributed by atoms with van der Waals surface area (Å²) in [7, 11) is 1.59. The number of para-hydroxylation sites is 1. The van der Waals surface area contributed by atoms with Gasteiger partial charge in [-0.15, -0.1) is 5.10 Å². The first-order chi connectivity index (χ1) is 14.1. The molecule has 0 saturated heterocycles. The molecule has 29 heavy (non-hydrogen) atoms. The zero-order valence-corrected chi connectivity index (χ0v) is 16.8. The molecule has 148 valence electrons. The first kappa shape index (κ1) is 19.3. The van der Waals surface area contributed by atoms with Gasteiger partial charge in [-0.2, -0.15) is 4.68 Å². The Morgan fingerprint density at radius 1 is 1.00 bits per heavy atom. The molecule has 4 rings (SSSR count). The van der Waals surface area contributed by atoms with E-state index in [-0.39, 0.29) is 23.0 Å². The minimum atomic E-state index is -0.234. The lowest BCUT2D eigenvalue weighted by atomic mass is 10.2. The highest BCUT2D eigenvalue weighted by Crippen LogP contribution is 2.22. The molecule has 0 amide bonds. The van der Waals surface area contributed by atoms with Gasteiger partial charge in [0, 0.05) is 7.11 Å². The molecule has 4 aromatic rings. The molecule has 0 aliphatic carbocycles. The standard InChI is InChI=1S/C20H19N5O3S/c1-13(11-28-2)25-19(27)14-7-3-5-9-16(14)21-20(25)29-12-24-18(26)15-8-4-6-10-17(15)22-23-24/h3-10,13H,11-12H2,1-2H3/t13-/m0/s1. The molecule has 0 bridgehead atoms. The Morgan fingerprint density at radius 3 is 2.38 bits per heavy atom. The van der Waals surface area contributed by atoms with Crippen molar-refractivity contribution in [3.8, 4) is 0 Å². The van der Waals surface area contributed by atoms with Crippen LogP contribution in [-0.4, -0.2) is 38.3 Å². The maximum atomic E-state index is 13.1. The van der Waals surface area contributed by atoms with E-state index in [1.165, 1.54) is 16.4 Å². The van der Waals surface area contributed by atoms with Gasteiger partial charge in [-0.1, -0.05) is 41.2 Å². The third kappa shape index (κ3) is 3.66. The second kappa shape index (κ2) is 8.14. The molecule has 9 heteroatoms. The van der Waals surface area contributed by atoms with E-state index in [2.05, 4.69) is 15.3 Å². The summed E-state index contributed by atoms with van der Waals surface area (Å²) in [6, 6.07) is 14.1. The molecule has 0 fully saturated rings. The molecule has 2 aromatic heterocycles. The van der Waals surface area contributed by atoms with Crippen LogP contribution in [0.3, 0.4) is 0 Å². The molecule has 1 atom stereocenters. The summed E-state index contributed by atoms with van der Waals surface area (Å²) in [4.78, 5) is 30.4. The maximum Gasteiger partial charge on any atom is 0.278 e. The fraction of sp³-hybridized carbons (Fsp3) is 0.250. The molecular formula is C20H19N5O3S. The van der Waals surface area contributed by atoms with Gasteiger partial charge in [-0.05, 0) is 31.2 Å². The Kier molecular flexibility index (Phi) is 5.41.